The minimum Gasteiger partial charge on any atom is -0.493 e. The molecule has 5 heteroatoms. The van der Waals surface area contributed by atoms with Crippen molar-refractivity contribution in [3.63, 3.8) is 0 Å². The molecule has 224 valence electrons. The van der Waals surface area contributed by atoms with E-state index in [1.807, 2.05) is 63.2 Å². The van der Waals surface area contributed by atoms with E-state index in [0.717, 1.165) is 46.6 Å². The summed E-state index contributed by atoms with van der Waals surface area (Å²) in [5.74, 6) is 0.492. The van der Waals surface area contributed by atoms with E-state index in [1.165, 1.54) is 5.56 Å². The zero-order valence-corrected chi connectivity index (χ0v) is 25.8. The molecule has 2 unspecified atom stereocenters. The van der Waals surface area contributed by atoms with Crippen LogP contribution in [-0.2, 0) is 28.9 Å². The standard InChI is InChI=1S/C37H46O5/c1-6-41-34-20-31(21-35(27(34)5)42-7-2)26(4)32(19-25(3)17-18-28-13-9-8-10-14-28)33(38)24-37(36(39)40)22-29-15-11-12-16-30(29)23-37/h8-16,20-21,25-26,32H,6-7,17-19,22-24H2,1-5H3,(H,39,40)/t25?,26-,32?/m1/s1. The van der Waals surface area contributed by atoms with Crippen LogP contribution in [0.2, 0.25) is 0 Å². The van der Waals surface area contributed by atoms with E-state index in [2.05, 4.69) is 38.1 Å². The van der Waals surface area contributed by atoms with Gasteiger partial charge in [0, 0.05) is 17.9 Å². The molecule has 1 aliphatic rings. The topological polar surface area (TPSA) is 72.8 Å². The summed E-state index contributed by atoms with van der Waals surface area (Å²) in [5, 5.41) is 10.5. The third-order valence-electron chi connectivity index (χ3n) is 9.04. The number of Topliss-reactive ketones (excluding diaryl/α,β-unsaturated/α-hetero) is 1. The number of rotatable bonds is 15. The molecule has 4 rings (SSSR count). The molecule has 5 nitrogen and oxygen atoms in total. The zero-order chi connectivity index (χ0) is 30.3. The van der Waals surface area contributed by atoms with Gasteiger partial charge in [-0.25, -0.2) is 0 Å². The molecule has 1 aliphatic carbocycles. The predicted octanol–water partition coefficient (Wildman–Crippen LogP) is 8.00. The van der Waals surface area contributed by atoms with Gasteiger partial charge in [-0.15, -0.1) is 0 Å². The van der Waals surface area contributed by atoms with Crippen LogP contribution < -0.4 is 9.47 Å². The van der Waals surface area contributed by atoms with Gasteiger partial charge in [0.05, 0.1) is 18.6 Å². The maximum absolute atomic E-state index is 14.3. The number of ether oxygens (including phenoxy) is 2. The first kappa shape index (κ1) is 31.3. The lowest BCUT2D eigenvalue weighted by Crippen LogP contribution is -2.37. The number of carboxylic acid groups (broad SMARTS) is 1. The average Bonchev–Trinajstić information content (AvgIpc) is 3.36. The first-order valence-electron chi connectivity index (χ1n) is 15.4. The molecule has 0 fully saturated rings. The summed E-state index contributed by atoms with van der Waals surface area (Å²) in [7, 11) is 0. The van der Waals surface area contributed by atoms with Gasteiger partial charge in [0.25, 0.3) is 0 Å². The van der Waals surface area contributed by atoms with Crippen LogP contribution in [0.1, 0.15) is 80.7 Å². The molecule has 0 radical (unpaired) electrons. The van der Waals surface area contributed by atoms with E-state index in [1.54, 1.807) is 0 Å². The fourth-order valence-corrected chi connectivity index (χ4v) is 6.52. The Balaban J connectivity index is 1.64. The first-order valence-corrected chi connectivity index (χ1v) is 15.4. The number of benzene rings is 3. The van der Waals surface area contributed by atoms with E-state index < -0.39 is 11.4 Å². The molecular formula is C37H46O5. The van der Waals surface area contributed by atoms with E-state index in [9.17, 15) is 14.7 Å². The van der Waals surface area contributed by atoms with Crippen molar-refractivity contribution >= 4 is 11.8 Å². The second-order valence-corrected chi connectivity index (χ2v) is 12.1. The normalized spacial score (nSPS) is 15.8. The molecule has 0 saturated heterocycles. The summed E-state index contributed by atoms with van der Waals surface area (Å²) in [6.45, 7) is 11.3. The van der Waals surface area contributed by atoms with Gasteiger partial charge >= 0.3 is 5.97 Å². The Morgan fingerprint density at radius 2 is 1.43 bits per heavy atom. The largest absolute Gasteiger partial charge is 0.493 e. The Morgan fingerprint density at radius 1 is 0.881 bits per heavy atom. The molecule has 0 spiro atoms. The monoisotopic (exact) mass is 570 g/mol. The van der Waals surface area contributed by atoms with Crippen molar-refractivity contribution in [3.8, 4) is 11.5 Å². The van der Waals surface area contributed by atoms with Crippen molar-refractivity contribution in [2.45, 2.75) is 79.1 Å². The minimum absolute atomic E-state index is 0.0277. The Morgan fingerprint density at radius 3 is 1.95 bits per heavy atom. The number of carbonyl (C=O) groups excluding carboxylic acids is 1. The van der Waals surface area contributed by atoms with Crippen molar-refractivity contribution in [3.05, 3.63) is 94.5 Å². The summed E-state index contributed by atoms with van der Waals surface area (Å²) in [4.78, 5) is 27.1. The van der Waals surface area contributed by atoms with Crippen molar-refractivity contribution in [1.29, 1.82) is 0 Å². The Labute approximate surface area is 251 Å². The molecule has 3 aromatic rings. The molecule has 1 N–H and O–H groups in total. The minimum atomic E-state index is -1.10. The fourth-order valence-electron chi connectivity index (χ4n) is 6.52. The molecule has 0 aromatic heterocycles. The zero-order valence-electron chi connectivity index (χ0n) is 25.8. The maximum Gasteiger partial charge on any atom is 0.310 e. The molecule has 42 heavy (non-hydrogen) atoms. The lowest BCUT2D eigenvalue weighted by Gasteiger charge is -2.31. The highest BCUT2D eigenvalue weighted by atomic mass is 16.5. The Kier molecular flexibility index (Phi) is 10.5. The van der Waals surface area contributed by atoms with Crippen LogP contribution >= 0.6 is 0 Å². The maximum atomic E-state index is 14.3. The second-order valence-electron chi connectivity index (χ2n) is 12.1. The SMILES string of the molecule is CCOc1cc([C@@H](C)C(CC(C)CCc2ccccc2)C(=O)CC2(C(=O)O)Cc3ccccc3C2)cc(OCC)c1C. The number of ketones is 1. The smallest absolute Gasteiger partial charge is 0.310 e. The van der Waals surface area contributed by atoms with Gasteiger partial charge in [0.1, 0.15) is 17.3 Å². The number of carboxylic acids is 1. The van der Waals surface area contributed by atoms with Crippen molar-refractivity contribution in [2.75, 3.05) is 13.2 Å². The second kappa shape index (κ2) is 14.0. The van der Waals surface area contributed by atoms with Gasteiger partial charge in [-0.1, -0.05) is 68.4 Å². The van der Waals surface area contributed by atoms with Crippen LogP contribution in [-0.4, -0.2) is 30.1 Å². The lowest BCUT2D eigenvalue weighted by atomic mass is 9.72. The Bertz CT molecular complexity index is 1310. The summed E-state index contributed by atoms with van der Waals surface area (Å²) < 4.78 is 11.9. The number of hydrogen-bond acceptors (Lipinski definition) is 4. The number of carbonyl (C=O) groups is 2. The highest BCUT2D eigenvalue weighted by Crippen LogP contribution is 2.44. The van der Waals surface area contributed by atoms with Crippen LogP contribution in [0.15, 0.2) is 66.7 Å². The third kappa shape index (κ3) is 7.24. The van der Waals surface area contributed by atoms with E-state index in [0.29, 0.717) is 32.5 Å². The molecule has 0 heterocycles. The van der Waals surface area contributed by atoms with Gasteiger partial charge in [0.15, 0.2) is 0 Å². The molecule has 0 amide bonds. The summed E-state index contributed by atoms with van der Waals surface area (Å²) in [6.07, 6.45) is 3.40. The number of hydrogen-bond donors (Lipinski definition) is 1. The van der Waals surface area contributed by atoms with Crippen molar-refractivity contribution in [2.24, 2.45) is 17.3 Å². The molecule has 3 atom stereocenters. The van der Waals surface area contributed by atoms with E-state index in [4.69, 9.17) is 9.47 Å². The average molecular weight is 571 g/mol. The van der Waals surface area contributed by atoms with Crippen LogP contribution in [0.25, 0.3) is 0 Å². The van der Waals surface area contributed by atoms with Crippen molar-refractivity contribution < 1.29 is 24.2 Å². The number of aliphatic carboxylic acids is 1. The fraction of sp³-hybridized carbons (Fsp3) is 0.459. The van der Waals surface area contributed by atoms with Gasteiger partial charge in [-0.05, 0) is 99.1 Å². The van der Waals surface area contributed by atoms with Crippen LogP contribution in [0.3, 0.4) is 0 Å². The number of fused-ring (bicyclic) bond motifs is 1. The molecule has 0 bridgehead atoms. The highest BCUT2D eigenvalue weighted by molar-refractivity contribution is 5.89. The summed E-state index contributed by atoms with van der Waals surface area (Å²) >= 11 is 0. The summed E-state index contributed by atoms with van der Waals surface area (Å²) in [6, 6.07) is 22.4. The third-order valence-corrected chi connectivity index (χ3v) is 9.04. The molecule has 0 aliphatic heterocycles. The van der Waals surface area contributed by atoms with Crippen LogP contribution in [0.4, 0.5) is 0 Å². The molecule has 3 aromatic carbocycles. The van der Waals surface area contributed by atoms with E-state index in [-0.39, 0.29) is 30.0 Å². The van der Waals surface area contributed by atoms with Crippen LogP contribution in [0, 0.1) is 24.2 Å². The first-order chi connectivity index (χ1) is 20.2. The number of aryl methyl sites for hydroxylation is 1. The molecule has 0 saturated carbocycles. The molecular weight excluding hydrogens is 524 g/mol. The quantitative estimate of drug-likeness (QED) is 0.200. The van der Waals surface area contributed by atoms with E-state index >= 15 is 0 Å². The van der Waals surface area contributed by atoms with Gasteiger partial charge in [0.2, 0.25) is 0 Å². The van der Waals surface area contributed by atoms with Gasteiger partial charge in [-0.3, -0.25) is 9.59 Å². The van der Waals surface area contributed by atoms with Gasteiger partial charge in [-0.2, -0.15) is 0 Å². The lowest BCUT2D eigenvalue weighted by molar-refractivity contribution is -0.151. The van der Waals surface area contributed by atoms with Crippen molar-refractivity contribution in [1.82, 2.24) is 0 Å². The Hall–Kier alpha value is -3.60. The summed E-state index contributed by atoms with van der Waals surface area (Å²) in [5.41, 5.74) is 4.19. The van der Waals surface area contributed by atoms with Gasteiger partial charge < -0.3 is 14.6 Å². The van der Waals surface area contributed by atoms with Crippen LogP contribution in [0.5, 0.6) is 11.5 Å². The predicted molar refractivity (Wildman–Crippen MR) is 168 cm³/mol. The highest BCUT2D eigenvalue weighted by Gasteiger charge is 2.47.